The van der Waals surface area contributed by atoms with Gasteiger partial charge in [-0.3, -0.25) is 0 Å². The Morgan fingerprint density at radius 2 is 1.97 bits per heavy atom. The first kappa shape index (κ1) is 21.5. The van der Waals surface area contributed by atoms with Crippen LogP contribution in [0.25, 0.3) is 5.65 Å². The second kappa shape index (κ2) is 7.86. The standard InChI is InChI=1S/C26H25N7O2S/c1-15-8-9-27-25(29-15)20-11-21(20)26-31-22-10-18(5-6-23(22)36(34,35)32-26)28-12-19-14-33-13-17(16-2-3-16)4-7-24(33)30-19/h4-10,13-14,16,20-21,28H,2-3,11-12H2,1H3,(H,31,32)/t20-,21-/m1/s1. The van der Waals surface area contributed by atoms with Crippen molar-refractivity contribution in [3.05, 3.63) is 77.8 Å². The summed E-state index contributed by atoms with van der Waals surface area (Å²) in [7, 11) is -3.78. The van der Waals surface area contributed by atoms with Crippen LogP contribution in [0.4, 0.5) is 11.4 Å². The third-order valence-corrected chi connectivity index (χ3v) is 8.42. The van der Waals surface area contributed by atoms with Gasteiger partial charge in [0.25, 0.3) is 10.0 Å². The molecule has 2 atom stereocenters. The number of imidazole rings is 1. The second-order valence-corrected chi connectivity index (χ2v) is 11.5. The van der Waals surface area contributed by atoms with Crippen molar-refractivity contribution in [2.75, 3.05) is 10.6 Å². The minimum Gasteiger partial charge on any atom is -0.379 e. The summed E-state index contributed by atoms with van der Waals surface area (Å²) < 4.78 is 31.9. The minimum absolute atomic E-state index is 0.0372. The molecule has 0 spiro atoms. The largest absolute Gasteiger partial charge is 0.379 e. The number of nitrogens with zero attached hydrogens (tertiary/aromatic N) is 5. The number of amidine groups is 1. The molecule has 2 aliphatic carbocycles. The molecule has 0 saturated heterocycles. The van der Waals surface area contributed by atoms with Gasteiger partial charge in [-0.15, -0.1) is 4.40 Å². The lowest BCUT2D eigenvalue weighted by molar-refractivity contribution is 0.597. The third kappa shape index (κ3) is 3.91. The number of nitrogens with one attached hydrogen (secondary N) is 2. The van der Waals surface area contributed by atoms with Gasteiger partial charge in [-0.25, -0.2) is 15.0 Å². The highest BCUT2D eigenvalue weighted by Gasteiger charge is 2.46. The molecule has 1 aromatic carbocycles. The Hall–Kier alpha value is -3.79. The van der Waals surface area contributed by atoms with E-state index < -0.39 is 10.0 Å². The van der Waals surface area contributed by atoms with Gasteiger partial charge < -0.3 is 15.0 Å². The fraction of sp³-hybridized carbons (Fsp3) is 0.308. The molecule has 4 aromatic rings. The third-order valence-electron chi connectivity index (χ3n) is 7.07. The van der Waals surface area contributed by atoms with Crippen LogP contribution in [0.1, 0.15) is 53.9 Å². The maximum atomic E-state index is 12.9. The molecule has 2 saturated carbocycles. The van der Waals surface area contributed by atoms with E-state index in [9.17, 15) is 8.42 Å². The molecule has 3 aliphatic rings. The number of fused-ring (bicyclic) bond motifs is 2. The fourth-order valence-electron chi connectivity index (χ4n) is 4.89. The number of hydrogen-bond donors (Lipinski definition) is 2. The molecule has 3 aromatic heterocycles. The molecule has 0 amide bonds. The summed E-state index contributed by atoms with van der Waals surface area (Å²) in [6.45, 7) is 2.45. The van der Waals surface area contributed by atoms with E-state index in [0.29, 0.717) is 24.0 Å². The van der Waals surface area contributed by atoms with Gasteiger partial charge in [0.1, 0.15) is 22.2 Å². The monoisotopic (exact) mass is 499 g/mol. The average molecular weight is 500 g/mol. The lowest BCUT2D eigenvalue weighted by atomic mass is 10.2. The maximum Gasteiger partial charge on any atom is 0.286 e. The van der Waals surface area contributed by atoms with Gasteiger partial charge in [-0.05, 0) is 68.0 Å². The number of aryl methyl sites for hydroxylation is 1. The van der Waals surface area contributed by atoms with Gasteiger partial charge in [0.05, 0.1) is 17.9 Å². The number of sulfonamides is 1. The molecular formula is C26H25N7O2S. The summed E-state index contributed by atoms with van der Waals surface area (Å²) in [5.74, 6) is 1.93. The average Bonchev–Trinajstić information content (AvgIpc) is 3.78. The van der Waals surface area contributed by atoms with E-state index in [0.717, 1.165) is 35.0 Å². The first-order valence-electron chi connectivity index (χ1n) is 12.2. The van der Waals surface area contributed by atoms with E-state index in [-0.39, 0.29) is 16.7 Å². The topological polar surface area (TPSA) is 114 Å². The summed E-state index contributed by atoms with van der Waals surface area (Å²) in [5.41, 5.74) is 5.44. The predicted molar refractivity (Wildman–Crippen MR) is 137 cm³/mol. The van der Waals surface area contributed by atoms with Crippen molar-refractivity contribution in [1.29, 1.82) is 0 Å². The van der Waals surface area contributed by atoms with Crippen molar-refractivity contribution in [3.8, 4) is 0 Å². The molecule has 0 bridgehead atoms. The van der Waals surface area contributed by atoms with Crippen LogP contribution in [-0.2, 0) is 16.6 Å². The Bertz CT molecular complexity index is 1660. The summed E-state index contributed by atoms with van der Waals surface area (Å²) in [6.07, 6.45) is 9.26. The molecule has 182 valence electrons. The highest BCUT2D eigenvalue weighted by molar-refractivity contribution is 7.90. The fourth-order valence-corrected chi connectivity index (χ4v) is 6.06. The highest BCUT2D eigenvalue weighted by atomic mass is 32.2. The molecule has 0 unspecified atom stereocenters. The zero-order chi connectivity index (χ0) is 24.4. The molecular weight excluding hydrogens is 474 g/mol. The Labute approximate surface area is 208 Å². The van der Waals surface area contributed by atoms with E-state index in [1.165, 1.54) is 18.4 Å². The van der Waals surface area contributed by atoms with Crippen molar-refractivity contribution in [2.45, 2.75) is 49.5 Å². The molecule has 1 aliphatic heterocycles. The number of hydrogen-bond acceptors (Lipinski definition) is 7. The zero-order valence-electron chi connectivity index (χ0n) is 19.7. The van der Waals surface area contributed by atoms with E-state index in [2.05, 4.69) is 47.7 Å². The summed E-state index contributed by atoms with van der Waals surface area (Å²) >= 11 is 0. The Morgan fingerprint density at radius 1 is 1.08 bits per heavy atom. The Morgan fingerprint density at radius 3 is 2.81 bits per heavy atom. The molecule has 10 heteroatoms. The van der Waals surface area contributed by atoms with Crippen LogP contribution < -0.4 is 10.6 Å². The Balaban J connectivity index is 1.08. The number of rotatable bonds is 6. The minimum atomic E-state index is -3.78. The van der Waals surface area contributed by atoms with E-state index in [1.807, 2.05) is 25.3 Å². The molecule has 0 radical (unpaired) electrons. The van der Waals surface area contributed by atoms with Crippen LogP contribution in [0.2, 0.25) is 0 Å². The summed E-state index contributed by atoms with van der Waals surface area (Å²) in [4.78, 5) is 13.8. The molecule has 2 fully saturated rings. The van der Waals surface area contributed by atoms with E-state index in [1.54, 1.807) is 18.3 Å². The molecule has 2 N–H and O–H groups in total. The molecule has 9 nitrogen and oxygen atoms in total. The van der Waals surface area contributed by atoms with Crippen LogP contribution in [0.15, 0.2) is 64.3 Å². The number of aromatic nitrogens is 4. The summed E-state index contributed by atoms with van der Waals surface area (Å²) in [5, 5.41) is 6.65. The molecule has 7 rings (SSSR count). The van der Waals surface area contributed by atoms with Crippen molar-refractivity contribution in [1.82, 2.24) is 19.4 Å². The van der Waals surface area contributed by atoms with Gasteiger partial charge in [0.15, 0.2) is 0 Å². The van der Waals surface area contributed by atoms with Crippen molar-refractivity contribution in [3.63, 3.8) is 0 Å². The number of pyridine rings is 1. The van der Waals surface area contributed by atoms with Crippen LogP contribution >= 0.6 is 0 Å². The predicted octanol–water partition coefficient (Wildman–Crippen LogP) is 4.24. The van der Waals surface area contributed by atoms with Crippen molar-refractivity contribution in [2.24, 2.45) is 10.3 Å². The van der Waals surface area contributed by atoms with Crippen LogP contribution in [0, 0.1) is 12.8 Å². The van der Waals surface area contributed by atoms with Gasteiger partial charge >= 0.3 is 0 Å². The van der Waals surface area contributed by atoms with Gasteiger partial charge in [0, 0.05) is 41.8 Å². The van der Waals surface area contributed by atoms with Crippen molar-refractivity contribution < 1.29 is 8.42 Å². The molecule has 36 heavy (non-hydrogen) atoms. The number of benzene rings is 1. The van der Waals surface area contributed by atoms with Crippen LogP contribution in [0.5, 0.6) is 0 Å². The molecule has 4 heterocycles. The summed E-state index contributed by atoms with van der Waals surface area (Å²) in [6, 6.07) is 11.3. The lowest BCUT2D eigenvalue weighted by Gasteiger charge is -2.19. The SMILES string of the molecule is Cc1ccnc([C@@H]2C[C@H]2C2=NS(=O)(=O)c3ccc(NCc4cn5cc(C6CC6)ccc5n4)cc3N2)n1. The first-order valence-corrected chi connectivity index (χ1v) is 13.6. The Kier molecular flexibility index (Phi) is 4.69. The quantitative estimate of drug-likeness (QED) is 0.408. The zero-order valence-corrected chi connectivity index (χ0v) is 20.5. The number of anilines is 2. The van der Waals surface area contributed by atoms with E-state index >= 15 is 0 Å². The van der Waals surface area contributed by atoms with Gasteiger partial charge in [-0.2, -0.15) is 8.42 Å². The smallest absolute Gasteiger partial charge is 0.286 e. The highest BCUT2D eigenvalue weighted by Crippen LogP contribution is 2.48. The normalized spacial score (nSPS) is 22.0. The van der Waals surface area contributed by atoms with Gasteiger partial charge in [0.2, 0.25) is 0 Å². The maximum absolute atomic E-state index is 12.9. The first-order chi connectivity index (χ1) is 17.4. The van der Waals surface area contributed by atoms with E-state index in [4.69, 9.17) is 4.98 Å². The lowest BCUT2D eigenvalue weighted by Crippen LogP contribution is -2.24. The van der Waals surface area contributed by atoms with Crippen LogP contribution in [-0.4, -0.2) is 33.6 Å². The van der Waals surface area contributed by atoms with Crippen molar-refractivity contribution >= 4 is 32.9 Å². The van der Waals surface area contributed by atoms with Gasteiger partial charge in [-0.1, -0.05) is 6.07 Å². The van der Waals surface area contributed by atoms with Crippen LogP contribution in [0.3, 0.4) is 0 Å². The second-order valence-electron chi connectivity index (χ2n) is 9.88.